The van der Waals surface area contributed by atoms with Crippen molar-refractivity contribution in [3.63, 3.8) is 0 Å². The topological polar surface area (TPSA) is 38.0 Å². The highest BCUT2D eigenvalue weighted by Gasteiger charge is 2.06. The van der Waals surface area contributed by atoms with Crippen LogP contribution in [-0.2, 0) is 0 Å². The van der Waals surface area contributed by atoms with Crippen molar-refractivity contribution in [2.45, 2.75) is 6.92 Å². The molecule has 4 heteroatoms. The largest absolute Gasteiger partial charge is 0.389 e. The number of hydrogen-bond acceptors (Lipinski definition) is 2. The lowest BCUT2D eigenvalue weighted by Crippen LogP contribution is -2.12. The summed E-state index contributed by atoms with van der Waals surface area (Å²) in [6.07, 6.45) is 0. The van der Waals surface area contributed by atoms with E-state index in [1.165, 1.54) is 3.57 Å². The van der Waals surface area contributed by atoms with Crippen molar-refractivity contribution in [1.29, 1.82) is 0 Å². The molecule has 92 valence electrons. The van der Waals surface area contributed by atoms with E-state index in [1.54, 1.807) is 0 Å². The second-order valence-electron chi connectivity index (χ2n) is 4.05. The molecule has 0 atom stereocenters. The van der Waals surface area contributed by atoms with Gasteiger partial charge in [0, 0.05) is 20.5 Å². The first-order valence-corrected chi connectivity index (χ1v) is 6.98. The minimum Gasteiger partial charge on any atom is -0.389 e. The number of aryl methyl sites for hydroxylation is 1. The van der Waals surface area contributed by atoms with Crippen LogP contribution in [0.15, 0.2) is 42.5 Å². The molecule has 0 bridgehead atoms. The van der Waals surface area contributed by atoms with Gasteiger partial charge in [0.15, 0.2) is 0 Å². The molecule has 2 rings (SSSR count). The fourth-order valence-electron chi connectivity index (χ4n) is 1.69. The van der Waals surface area contributed by atoms with Crippen LogP contribution in [0, 0.1) is 10.5 Å². The molecule has 0 saturated heterocycles. The van der Waals surface area contributed by atoms with Crippen LogP contribution in [0.25, 0.3) is 0 Å². The van der Waals surface area contributed by atoms with Crippen molar-refractivity contribution in [3.05, 3.63) is 57.2 Å². The fourth-order valence-corrected chi connectivity index (χ4v) is 2.40. The summed E-state index contributed by atoms with van der Waals surface area (Å²) in [5, 5.41) is 3.35. The SMILES string of the molecule is Cc1ccc(Nc2cccc(I)c2)c(C(N)=S)c1. The van der Waals surface area contributed by atoms with E-state index >= 15 is 0 Å². The number of anilines is 2. The van der Waals surface area contributed by atoms with Gasteiger partial charge in [0.05, 0.1) is 0 Å². The Labute approximate surface area is 126 Å². The van der Waals surface area contributed by atoms with Crippen molar-refractivity contribution >= 4 is 51.2 Å². The molecule has 18 heavy (non-hydrogen) atoms. The average Bonchev–Trinajstić information content (AvgIpc) is 2.31. The van der Waals surface area contributed by atoms with Crippen LogP contribution in [0.5, 0.6) is 0 Å². The first kappa shape index (κ1) is 13.3. The number of thiocarbonyl (C=S) groups is 1. The minimum absolute atomic E-state index is 0.409. The number of halogens is 1. The lowest BCUT2D eigenvalue weighted by Gasteiger charge is -2.12. The molecule has 0 aliphatic rings. The molecule has 0 saturated carbocycles. The van der Waals surface area contributed by atoms with Crippen LogP contribution in [0.3, 0.4) is 0 Å². The molecule has 2 nitrogen and oxygen atoms in total. The monoisotopic (exact) mass is 368 g/mol. The highest BCUT2D eigenvalue weighted by atomic mass is 127. The molecule has 0 fully saturated rings. The predicted molar refractivity (Wildman–Crippen MR) is 89.5 cm³/mol. The lowest BCUT2D eigenvalue weighted by atomic mass is 10.1. The Bertz CT molecular complexity index is 596. The highest BCUT2D eigenvalue weighted by Crippen LogP contribution is 2.23. The number of nitrogens with two attached hydrogens (primary N) is 1. The number of rotatable bonds is 3. The van der Waals surface area contributed by atoms with E-state index < -0.39 is 0 Å². The van der Waals surface area contributed by atoms with Gasteiger partial charge in [0.2, 0.25) is 0 Å². The van der Waals surface area contributed by atoms with Crippen molar-refractivity contribution in [2.24, 2.45) is 5.73 Å². The van der Waals surface area contributed by atoms with Gasteiger partial charge in [-0.05, 0) is 59.8 Å². The van der Waals surface area contributed by atoms with E-state index in [1.807, 2.05) is 37.3 Å². The maximum atomic E-state index is 5.76. The Morgan fingerprint density at radius 2 is 2.00 bits per heavy atom. The minimum atomic E-state index is 0.409. The normalized spacial score (nSPS) is 10.1. The van der Waals surface area contributed by atoms with Crippen LogP contribution in [0.2, 0.25) is 0 Å². The maximum absolute atomic E-state index is 5.76. The Morgan fingerprint density at radius 3 is 2.67 bits per heavy atom. The van der Waals surface area contributed by atoms with Gasteiger partial charge in [-0.2, -0.15) is 0 Å². The molecule has 3 N–H and O–H groups in total. The second-order valence-corrected chi connectivity index (χ2v) is 5.73. The van der Waals surface area contributed by atoms with Gasteiger partial charge in [-0.25, -0.2) is 0 Å². The standard InChI is InChI=1S/C14H13IN2S/c1-9-5-6-13(12(7-9)14(16)18)17-11-4-2-3-10(15)8-11/h2-8,17H,1H3,(H2,16,18). The van der Waals surface area contributed by atoms with E-state index in [0.717, 1.165) is 22.5 Å². The van der Waals surface area contributed by atoms with E-state index in [9.17, 15) is 0 Å². The molecule has 0 aliphatic heterocycles. The Hall–Kier alpha value is -1.14. The van der Waals surface area contributed by atoms with Gasteiger partial charge in [-0.1, -0.05) is 29.9 Å². The summed E-state index contributed by atoms with van der Waals surface area (Å²) in [5.74, 6) is 0. The van der Waals surface area contributed by atoms with Gasteiger partial charge < -0.3 is 11.1 Å². The summed E-state index contributed by atoms with van der Waals surface area (Å²) < 4.78 is 1.18. The van der Waals surface area contributed by atoms with Crippen LogP contribution in [0.1, 0.15) is 11.1 Å². The third-order valence-corrected chi connectivity index (χ3v) is 3.44. The molecule has 0 unspecified atom stereocenters. The van der Waals surface area contributed by atoms with Gasteiger partial charge in [0.25, 0.3) is 0 Å². The van der Waals surface area contributed by atoms with Crippen LogP contribution in [-0.4, -0.2) is 4.99 Å². The van der Waals surface area contributed by atoms with Gasteiger partial charge in [0.1, 0.15) is 4.99 Å². The average molecular weight is 368 g/mol. The summed E-state index contributed by atoms with van der Waals surface area (Å²) in [4.78, 5) is 0.409. The molecule has 0 aromatic heterocycles. The lowest BCUT2D eigenvalue weighted by molar-refractivity contribution is 1.43. The summed E-state index contributed by atoms with van der Waals surface area (Å²) in [5.41, 5.74) is 9.75. The van der Waals surface area contributed by atoms with Crippen molar-refractivity contribution in [2.75, 3.05) is 5.32 Å². The van der Waals surface area contributed by atoms with E-state index in [-0.39, 0.29) is 0 Å². The molecule has 0 radical (unpaired) electrons. The molecule has 0 spiro atoms. The zero-order chi connectivity index (χ0) is 13.1. The third-order valence-electron chi connectivity index (χ3n) is 2.54. The Balaban J connectivity index is 2.37. The van der Waals surface area contributed by atoms with Crippen molar-refractivity contribution in [1.82, 2.24) is 0 Å². The highest BCUT2D eigenvalue weighted by molar-refractivity contribution is 14.1. The first-order valence-electron chi connectivity index (χ1n) is 5.49. The van der Waals surface area contributed by atoms with E-state index in [2.05, 4.69) is 40.0 Å². The van der Waals surface area contributed by atoms with Gasteiger partial charge in [-0.15, -0.1) is 0 Å². The maximum Gasteiger partial charge on any atom is 0.106 e. The summed E-state index contributed by atoms with van der Waals surface area (Å²) in [6, 6.07) is 14.2. The molecule has 2 aromatic rings. The van der Waals surface area contributed by atoms with E-state index in [0.29, 0.717) is 4.99 Å². The first-order chi connectivity index (χ1) is 8.56. The summed E-state index contributed by atoms with van der Waals surface area (Å²) in [7, 11) is 0. The Kier molecular flexibility index (Phi) is 4.19. The molecular weight excluding hydrogens is 355 g/mol. The summed E-state index contributed by atoms with van der Waals surface area (Å²) in [6.45, 7) is 2.02. The van der Waals surface area contributed by atoms with E-state index in [4.69, 9.17) is 18.0 Å². The molecule has 0 aliphatic carbocycles. The fraction of sp³-hybridized carbons (Fsp3) is 0.0714. The van der Waals surface area contributed by atoms with Gasteiger partial charge >= 0.3 is 0 Å². The van der Waals surface area contributed by atoms with Crippen LogP contribution in [0.4, 0.5) is 11.4 Å². The zero-order valence-corrected chi connectivity index (χ0v) is 12.9. The molecular formula is C14H13IN2S. The smallest absolute Gasteiger partial charge is 0.106 e. The van der Waals surface area contributed by atoms with Crippen molar-refractivity contribution < 1.29 is 0 Å². The quantitative estimate of drug-likeness (QED) is 0.636. The van der Waals surface area contributed by atoms with Crippen LogP contribution < -0.4 is 11.1 Å². The molecule has 0 heterocycles. The third kappa shape index (κ3) is 3.20. The number of hydrogen-bond donors (Lipinski definition) is 2. The summed E-state index contributed by atoms with van der Waals surface area (Å²) >= 11 is 7.37. The second kappa shape index (κ2) is 5.67. The number of benzene rings is 2. The van der Waals surface area contributed by atoms with Crippen molar-refractivity contribution in [3.8, 4) is 0 Å². The molecule has 2 aromatic carbocycles. The Morgan fingerprint density at radius 1 is 1.22 bits per heavy atom. The zero-order valence-electron chi connectivity index (χ0n) is 9.91. The molecule has 0 amide bonds. The number of nitrogens with one attached hydrogen (secondary N) is 1. The van der Waals surface area contributed by atoms with Crippen LogP contribution >= 0.6 is 34.8 Å². The van der Waals surface area contributed by atoms with Gasteiger partial charge in [-0.3, -0.25) is 0 Å². The predicted octanol–water partition coefficient (Wildman–Crippen LogP) is 3.98.